The van der Waals surface area contributed by atoms with Crippen LogP contribution in [0.4, 0.5) is 0 Å². The molecular weight excluding hydrogens is 190 g/mol. The predicted molar refractivity (Wildman–Crippen MR) is 55.1 cm³/mol. The van der Waals surface area contributed by atoms with E-state index in [1.54, 1.807) is 6.33 Å². The Morgan fingerprint density at radius 2 is 2.58 bits per heavy atom. The van der Waals surface area contributed by atoms with E-state index in [1.165, 1.54) is 0 Å². The normalized spacial score (nSPS) is 13.2. The summed E-state index contributed by atoms with van der Waals surface area (Å²) in [6.45, 7) is 2.15. The Hall–Kier alpha value is -0.290. The monoisotopic (exact) mass is 203 g/mol. The molecule has 0 aliphatic heterocycles. The van der Waals surface area contributed by atoms with Crippen LogP contribution in [0.25, 0.3) is 0 Å². The van der Waals surface area contributed by atoms with Crippen LogP contribution in [0.5, 0.6) is 0 Å². The largest absolute Gasteiger partial charge is 0.304 e. The van der Waals surface area contributed by atoms with E-state index in [-0.39, 0.29) is 0 Å². The first-order valence-electron chi connectivity index (χ1n) is 3.86. The van der Waals surface area contributed by atoms with Crippen molar-refractivity contribution in [3.63, 3.8) is 0 Å². The fourth-order valence-corrected chi connectivity index (χ4v) is 1.85. The SMILES string of the molecule is CSCCC(C)n1cn[nH]c1=S. The van der Waals surface area contributed by atoms with Crippen molar-refractivity contribution in [2.75, 3.05) is 12.0 Å². The average Bonchev–Trinajstić information content (AvgIpc) is 2.47. The summed E-state index contributed by atoms with van der Waals surface area (Å²) >= 11 is 6.91. The highest BCUT2D eigenvalue weighted by molar-refractivity contribution is 7.98. The van der Waals surface area contributed by atoms with Gasteiger partial charge in [0, 0.05) is 6.04 Å². The lowest BCUT2D eigenvalue weighted by atomic mass is 10.3. The van der Waals surface area contributed by atoms with Crippen LogP contribution in [-0.2, 0) is 0 Å². The molecule has 68 valence electrons. The number of thioether (sulfide) groups is 1. The van der Waals surface area contributed by atoms with Crippen molar-refractivity contribution in [1.82, 2.24) is 14.8 Å². The first-order valence-corrected chi connectivity index (χ1v) is 5.66. The lowest BCUT2D eigenvalue weighted by Gasteiger charge is -2.10. The summed E-state index contributed by atoms with van der Waals surface area (Å²) in [7, 11) is 0. The maximum atomic E-state index is 5.05. The van der Waals surface area contributed by atoms with Crippen molar-refractivity contribution in [2.24, 2.45) is 0 Å². The third kappa shape index (κ3) is 2.35. The van der Waals surface area contributed by atoms with Gasteiger partial charge in [-0.05, 0) is 37.6 Å². The molecule has 0 fully saturated rings. The minimum absolute atomic E-state index is 0.448. The van der Waals surface area contributed by atoms with E-state index in [0.29, 0.717) is 10.8 Å². The highest BCUT2D eigenvalue weighted by Gasteiger charge is 2.04. The van der Waals surface area contributed by atoms with Crippen LogP contribution < -0.4 is 0 Å². The number of nitrogens with one attached hydrogen (secondary N) is 1. The van der Waals surface area contributed by atoms with Gasteiger partial charge in [-0.15, -0.1) is 0 Å². The molecule has 1 rings (SSSR count). The molecule has 3 nitrogen and oxygen atoms in total. The van der Waals surface area contributed by atoms with Gasteiger partial charge in [0.15, 0.2) is 4.77 Å². The van der Waals surface area contributed by atoms with Gasteiger partial charge < -0.3 is 4.57 Å². The third-order valence-electron chi connectivity index (χ3n) is 1.79. The minimum atomic E-state index is 0.448. The van der Waals surface area contributed by atoms with Gasteiger partial charge in [-0.2, -0.15) is 16.9 Å². The Bertz CT molecular complexity index is 278. The predicted octanol–water partition coefficient (Wildman–Crippen LogP) is 2.25. The molecule has 0 amide bonds. The molecule has 1 atom stereocenters. The second kappa shape index (κ2) is 4.67. The first-order chi connectivity index (χ1) is 5.75. The van der Waals surface area contributed by atoms with E-state index in [4.69, 9.17) is 12.2 Å². The molecule has 0 aliphatic rings. The number of rotatable bonds is 4. The highest BCUT2D eigenvalue weighted by atomic mass is 32.2. The maximum Gasteiger partial charge on any atom is 0.195 e. The van der Waals surface area contributed by atoms with Gasteiger partial charge in [0.1, 0.15) is 6.33 Å². The lowest BCUT2D eigenvalue weighted by Crippen LogP contribution is -2.04. The summed E-state index contributed by atoms with van der Waals surface area (Å²) in [5, 5.41) is 6.62. The number of aromatic amines is 1. The van der Waals surface area contributed by atoms with Gasteiger partial charge >= 0.3 is 0 Å². The topological polar surface area (TPSA) is 33.6 Å². The molecule has 12 heavy (non-hydrogen) atoms. The fourth-order valence-electron chi connectivity index (χ4n) is 0.998. The van der Waals surface area contributed by atoms with E-state index >= 15 is 0 Å². The Morgan fingerprint density at radius 3 is 3.08 bits per heavy atom. The standard InChI is InChI=1S/C7H13N3S2/c1-6(3-4-12-2)10-5-8-9-7(10)11/h5-6H,3-4H2,1-2H3,(H,9,11). The van der Waals surface area contributed by atoms with Gasteiger partial charge in [0.05, 0.1) is 0 Å². The van der Waals surface area contributed by atoms with Crippen LogP contribution in [0, 0.1) is 4.77 Å². The van der Waals surface area contributed by atoms with Gasteiger partial charge in [-0.3, -0.25) is 5.10 Å². The molecule has 0 saturated heterocycles. The second-order valence-corrected chi connectivity index (χ2v) is 4.07. The van der Waals surface area contributed by atoms with E-state index in [9.17, 15) is 0 Å². The van der Waals surface area contributed by atoms with Crippen molar-refractivity contribution in [3.8, 4) is 0 Å². The van der Waals surface area contributed by atoms with Crippen molar-refractivity contribution < 1.29 is 0 Å². The number of aromatic nitrogens is 3. The second-order valence-electron chi connectivity index (χ2n) is 2.70. The molecule has 1 unspecified atom stereocenters. The molecule has 0 aromatic carbocycles. The van der Waals surface area contributed by atoms with Crippen molar-refractivity contribution >= 4 is 24.0 Å². The number of H-pyrrole nitrogens is 1. The van der Waals surface area contributed by atoms with Crippen LogP contribution in [0.2, 0.25) is 0 Å². The van der Waals surface area contributed by atoms with E-state index in [0.717, 1.165) is 12.2 Å². The van der Waals surface area contributed by atoms with Crippen molar-refractivity contribution in [2.45, 2.75) is 19.4 Å². The maximum absolute atomic E-state index is 5.05. The molecule has 0 bridgehead atoms. The molecule has 5 heteroatoms. The summed E-state index contributed by atoms with van der Waals surface area (Å²) < 4.78 is 2.70. The molecule has 0 spiro atoms. The Labute approximate surface area is 81.6 Å². The van der Waals surface area contributed by atoms with Gasteiger partial charge in [0.2, 0.25) is 0 Å². The molecule has 1 heterocycles. The van der Waals surface area contributed by atoms with Gasteiger partial charge in [-0.1, -0.05) is 0 Å². The zero-order valence-electron chi connectivity index (χ0n) is 7.28. The molecule has 1 aromatic rings. The molecule has 1 aromatic heterocycles. The molecule has 1 N–H and O–H groups in total. The summed E-state index contributed by atoms with van der Waals surface area (Å²) in [5.74, 6) is 1.16. The Kier molecular flexibility index (Phi) is 3.81. The third-order valence-corrected chi connectivity index (χ3v) is 2.74. The van der Waals surface area contributed by atoms with Crippen LogP contribution in [0.1, 0.15) is 19.4 Å². The van der Waals surface area contributed by atoms with E-state index < -0.39 is 0 Å². The van der Waals surface area contributed by atoms with Crippen LogP contribution in [-0.4, -0.2) is 26.8 Å². The van der Waals surface area contributed by atoms with Gasteiger partial charge in [-0.25, -0.2) is 0 Å². The zero-order valence-corrected chi connectivity index (χ0v) is 8.91. The molecule has 0 radical (unpaired) electrons. The minimum Gasteiger partial charge on any atom is -0.304 e. The number of nitrogens with zero attached hydrogens (tertiary/aromatic N) is 2. The average molecular weight is 203 g/mol. The summed E-state index contributed by atoms with van der Waals surface area (Å²) in [6, 6.07) is 0.448. The van der Waals surface area contributed by atoms with Gasteiger partial charge in [0.25, 0.3) is 0 Å². The van der Waals surface area contributed by atoms with Crippen LogP contribution in [0.3, 0.4) is 0 Å². The van der Waals surface area contributed by atoms with Crippen molar-refractivity contribution in [1.29, 1.82) is 0 Å². The van der Waals surface area contributed by atoms with E-state index in [2.05, 4.69) is 23.4 Å². The summed E-state index contributed by atoms with van der Waals surface area (Å²) in [4.78, 5) is 0. The fraction of sp³-hybridized carbons (Fsp3) is 0.714. The lowest BCUT2D eigenvalue weighted by molar-refractivity contribution is 0.527. The Balaban J connectivity index is 2.59. The Morgan fingerprint density at radius 1 is 1.83 bits per heavy atom. The number of hydrogen-bond acceptors (Lipinski definition) is 3. The molecule has 0 saturated carbocycles. The highest BCUT2D eigenvalue weighted by Crippen LogP contribution is 2.12. The first kappa shape index (κ1) is 9.80. The molecule has 0 aliphatic carbocycles. The number of hydrogen-bond donors (Lipinski definition) is 1. The van der Waals surface area contributed by atoms with Crippen LogP contribution >= 0.6 is 24.0 Å². The quantitative estimate of drug-likeness (QED) is 0.762. The van der Waals surface area contributed by atoms with Crippen molar-refractivity contribution in [3.05, 3.63) is 11.1 Å². The molecular formula is C7H13N3S2. The van der Waals surface area contributed by atoms with E-state index in [1.807, 2.05) is 16.3 Å². The smallest absolute Gasteiger partial charge is 0.195 e. The summed E-state index contributed by atoms with van der Waals surface area (Å²) in [6.07, 6.45) is 5.00. The summed E-state index contributed by atoms with van der Waals surface area (Å²) in [5.41, 5.74) is 0. The zero-order chi connectivity index (χ0) is 8.97. The van der Waals surface area contributed by atoms with Crippen LogP contribution in [0.15, 0.2) is 6.33 Å².